The number of likely N-dealkylation sites (tertiary alicyclic amines) is 1. The van der Waals surface area contributed by atoms with Gasteiger partial charge in [-0.05, 0) is 25.7 Å². The second-order valence-corrected chi connectivity index (χ2v) is 9.19. The molecule has 22 heavy (non-hydrogen) atoms. The molecule has 0 saturated carbocycles. The molecular formula is C13H22N4O3S2. The molecule has 1 aliphatic heterocycles. The van der Waals surface area contributed by atoms with E-state index >= 15 is 0 Å². The molecule has 2 rings (SSSR count). The highest BCUT2D eigenvalue weighted by molar-refractivity contribution is 7.90. The standard InChI is InChI=1S/C13H22N4O3S2/c1-10-15-16-12(21-10)5-6-14-13(18)17-7-3-4-11(8-17)9-22(2,19)20/h11H,3-9H2,1-2H3,(H,14,18)/t11-/m0/s1. The van der Waals surface area contributed by atoms with E-state index in [-0.39, 0.29) is 17.7 Å². The SMILES string of the molecule is Cc1nnc(CCNC(=O)N2CCC[C@H](CS(C)(=O)=O)C2)s1. The van der Waals surface area contributed by atoms with Crippen molar-refractivity contribution in [3.8, 4) is 0 Å². The highest BCUT2D eigenvalue weighted by atomic mass is 32.2. The number of nitrogens with one attached hydrogen (secondary N) is 1. The maximum Gasteiger partial charge on any atom is 0.317 e. The molecule has 1 fully saturated rings. The Morgan fingerprint density at radius 1 is 1.45 bits per heavy atom. The van der Waals surface area contributed by atoms with E-state index < -0.39 is 9.84 Å². The normalized spacial score (nSPS) is 19.2. The van der Waals surface area contributed by atoms with Crippen LogP contribution in [0.1, 0.15) is 22.9 Å². The topological polar surface area (TPSA) is 92.3 Å². The number of amides is 2. The minimum Gasteiger partial charge on any atom is -0.338 e. The number of carbonyl (C=O) groups excluding carboxylic acids is 1. The number of carbonyl (C=O) groups is 1. The van der Waals surface area contributed by atoms with Crippen molar-refractivity contribution in [3.63, 3.8) is 0 Å². The van der Waals surface area contributed by atoms with E-state index in [1.807, 2.05) is 6.92 Å². The zero-order valence-electron chi connectivity index (χ0n) is 12.9. The molecule has 1 aromatic heterocycles. The van der Waals surface area contributed by atoms with Crippen LogP contribution in [0.2, 0.25) is 0 Å². The van der Waals surface area contributed by atoms with Gasteiger partial charge >= 0.3 is 6.03 Å². The van der Waals surface area contributed by atoms with Crippen LogP contribution >= 0.6 is 11.3 Å². The average Bonchev–Trinajstić information content (AvgIpc) is 2.83. The molecule has 9 heteroatoms. The van der Waals surface area contributed by atoms with Crippen molar-refractivity contribution in [2.75, 3.05) is 31.6 Å². The maximum atomic E-state index is 12.1. The van der Waals surface area contributed by atoms with Crippen molar-refractivity contribution < 1.29 is 13.2 Å². The van der Waals surface area contributed by atoms with Crippen molar-refractivity contribution in [2.24, 2.45) is 5.92 Å². The first-order chi connectivity index (χ1) is 10.3. The van der Waals surface area contributed by atoms with Crippen LogP contribution in [-0.2, 0) is 16.3 Å². The first kappa shape index (κ1) is 17.1. The summed E-state index contributed by atoms with van der Waals surface area (Å²) in [6, 6.07) is -0.126. The number of urea groups is 1. The molecule has 2 heterocycles. The number of nitrogens with zero attached hydrogens (tertiary/aromatic N) is 3. The summed E-state index contributed by atoms with van der Waals surface area (Å²) in [6.45, 7) is 3.61. The summed E-state index contributed by atoms with van der Waals surface area (Å²) in [5.74, 6) is 0.196. The number of aromatic nitrogens is 2. The second kappa shape index (κ2) is 7.36. The van der Waals surface area contributed by atoms with Crippen molar-refractivity contribution >= 4 is 27.2 Å². The Bertz CT molecular complexity index is 615. The smallest absolute Gasteiger partial charge is 0.317 e. The van der Waals surface area contributed by atoms with Crippen LogP contribution in [0.25, 0.3) is 0 Å². The Labute approximate surface area is 135 Å². The van der Waals surface area contributed by atoms with Crippen LogP contribution in [-0.4, -0.2) is 61.2 Å². The van der Waals surface area contributed by atoms with E-state index in [9.17, 15) is 13.2 Å². The van der Waals surface area contributed by atoms with Gasteiger partial charge in [0, 0.05) is 32.3 Å². The molecule has 0 unspecified atom stereocenters. The monoisotopic (exact) mass is 346 g/mol. The number of sulfone groups is 1. The maximum absolute atomic E-state index is 12.1. The fraction of sp³-hybridized carbons (Fsp3) is 0.769. The molecule has 1 N–H and O–H groups in total. The Balaban J connectivity index is 1.76. The lowest BCUT2D eigenvalue weighted by atomic mass is 10.0. The van der Waals surface area contributed by atoms with Gasteiger partial charge in [-0.1, -0.05) is 0 Å². The average molecular weight is 346 g/mol. The molecule has 0 aromatic carbocycles. The zero-order valence-corrected chi connectivity index (χ0v) is 14.5. The third-order valence-corrected chi connectivity index (χ3v) is 5.50. The van der Waals surface area contributed by atoms with Crippen LogP contribution < -0.4 is 5.32 Å². The number of hydrogen-bond acceptors (Lipinski definition) is 6. The van der Waals surface area contributed by atoms with Crippen molar-refractivity contribution in [1.29, 1.82) is 0 Å². The van der Waals surface area contributed by atoms with Gasteiger partial charge < -0.3 is 10.2 Å². The summed E-state index contributed by atoms with van der Waals surface area (Å²) in [4.78, 5) is 13.9. The van der Waals surface area contributed by atoms with Crippen LogP contribution in [0, 0.1) is 12.8 Å². The third kappa shape index (κ3) is 5.53. The molecule has 1 saturated heterocycles. The summed E-state index contributed by atoms with van der Waals surface area (Å²) in [7, 11) is -3.00. The van der Waals surface area contributed by atoms with E-state index in [0.717, 1.165) is 22.9 Å². The third-order valence-electron chi connectivity index (χ3n) is 3.53. The Hall–Kier alpha value is -1.22. The van der Waals surface area contributed by atoms with Crippen LogP contribution in [0.5, 0.6) is 0 Å². The molecule has 0 bridgehead atoms. The van der Waals surface area contributed by atoms with Gasteiger partial charge in [0.15, 0.2) is 0 Å². The largest absolute Gasteiger partial charge is 0.338 e. The highest BCUT2D eigenvalue weighted by Crippen LogP contribution is 2.18. The van der Waals surface area contributed by atoms with E-state index in [2.05, 4.69) is 15.5 Å². The van der Waals surface area contributed by atoms with Crippen molar-refractivity contribution in [2.45, 2.75) is 26.2 Å². The fourth-order valence-electron chi connectivity index (χ4n) is 2.64. The van der Waals surface area contributed by atoms with Gasteiger partial charge in [0.25, 0.3) is 0 Å². The summed E-state index contributed by atoms with van der Waals surface area (Å²) in [5.41, 5.74) is 0. The fourth-order valence-corrected chi connectivity index (χ4v) is 4.48. The van der Waals surface area contributed by atoms with E-state index in [0.29, 0.717) is 26.1 Å². The van der Waals surface area contributed by atoms with Gasteiger partial charge in [0.05, 0.1) is 5.75 Å². The van der Waals surface area contributed by atoms with Gasteiger partial charge in [0.2, 0.25) is 0 Å². The van der Waals surface area contributed by atoms with E-state index in [1.165, 1.54) is 17.6 Å². The Morgan fingerprint density at radius 3 is 2.86 bits per heavy atom. The minimum atomic E-state index is -3.00. The first-order valence-electron chi connectivity index (χ1n) is 7.33. The first-order valence-corrected chi connectivity index (χ1v) is 10.2. The Kier molecular flexibility index (Phi) is 5.74. The zero-order chi connectivity index (χ0) is 16.2. The molecule has 1 aliphatic rings. The molecule has 1 aromatic rings. The summed E-state index contributed by atoms with van der Waals surface area (Å²) >= 11 is 1.53. The second-order valence-electron chi connectivity index (χ2n) is 5.74. The lowest BCUT2D eigenvalue weighted by molar-refractivity contribution is 0.170. The predicted molar refractivity (Wildman–Crippen MR) is 85.8 cm³/mol. The van der Waals surface area contributed by atoms with Gasteiger partial charge in [-0.2, -0.15) is 0 Å². The molecule has 0 aliphatic carbocycles. The van der Waals surface area contributed by atoms with E-state index in [4.69, 9.17) is 0 Å². The minimum absolute atomic E-state index is 0.0420. The number of aryl methyl sites for hydroxylation is 1. The van der Waals surface area contributed by atoms with Gasteiger partial charge in [-0.3, -0.25) is 0 Å². The lowest BCUT2D eigenvalue weighted by Gasteiger charge is -2.32. The molecule has 2 amide bonds. The quantitative estimate of drug-likeness (QED) is 0.853. The Morgan fingerprint density at radius 2 is 2.23 bits per heavy atom. The molecule has 0 spiro atoms. The van der Waals surface area contributed by atoms with Crippen LogP contribution in [0.4, 0.5) is 4.79 Å². The summed E-state index contributed by atoms with van der Waals surface area (Å²) in [6.07, 6.45) is 3.62. The highest BCUT2D eigenvalue weighted by Gasteiger charge is 2.25. The summed E-state index contributed by atoms with van der Waals surface area (Å²) < 4.78 is 22.8. The number of rotatable bonds is 5. The van der Waals surface area contributed by atoms with Crippen LogP contribution in [0.15, 0.2) is 0 Å². The molecule has 7 nitrogen and oxygen atoms in total. The van der Waals surface area contributed by atoms with Crippen LogP contribution in [0.3, 0.4) is 0 Å². The lowest BCUT2D eigenvalue weighted by Crippen LogP contribution is -2.47. The van der Waals surface area contributed by atoms with Crippen molar-refractivity contribution in [3.05, 3.63) is 10.0 Å². The molecule has 1 atom stereocenters. The predicted octanol–water partition coefficient (Wildman–Crippen LogP) is 0.855. The van der Waals surface area contributed by atoms with E-state index in [1.54, 1.807) is 4.90 Å². The van der Waals surface area contributed by atoms with Gasteiger partial charge in [-0.25, -0.2) is 13.2 Å². The molecule has 124 valence electrons. The summed E-state index contributed by atoms with van der Waals surface area (Å²) in [5, 5.41) is 12.6. The number of piperidine rings is 1. The number of hydrogen-bond donors (Lipinski definition) is 1. The van der Waals surface area contributed by atoms with Gasteiger partial charge in [0.1, 0.15) is 19.9 Å². The van der Waals surface area contributed by atoms with Gasteiger partial charge in [-0.15, -0.1) is 21.5 Å². The molecular weight excluding hydrogens is 324 g/mol. The van der Waals surface area contributed by atoms with Crippen molar-refractivity contribution in [1.82, 2.24) is 20.4 Å². The molecule has 0 radical (unpaired) electrons.